The lowest BCUT2D eigenvalue weighted by Gasteiger charge is -2.09. The molecule has 0 saturated carbocycles. The van der Waals surface area contributed by atoms with Crippen molar-refractivity contribution >= 4 is 52.2 Å². The summed E-state index contributed by atoms with van der Waals surface area (Å²) in [6, 6.07) is 10.4. The minimum atomic E-state index is -0.429. The average molecular weight is 447 g/mol. The van der Waals surface area contributed by atoms with E-state index in [2.05, 4.69) is 15.5 Å². The number of halogens is 1. The molecule has 0 bridgehead atoms. The first kappa shape index (κ1) is 20.9. The summed E-state index contributed by atoms with van der Waals surface area (Å²) in [5.41, 5.74) is 6.11. The van der Waals surface area contributed by atoms with E-state index in [1.54, 1.807) is 16.7 Å². The van der Waals surface area contributed by atoms with Crippen LogP contribution in [0.3, 0.4) is 0 Å². The van der Waals surface area contributed by atoms with Crippen molar-refractivity contribution in [2.45, 2.75) is 18.1 Å². The number of rotatable bonds is 8. The molecule has 8 nitrogen and oxygen atoms in total. The van der Waals surface area contributed by atoms with Crippen molar-refractivity contribution < 1.29 is 9.59 Å². The van der Waals surface area contributed by atoms with E-state index in [1.165, 1.54) is 29.2 Å². The molecule has 0 atom stereocenters. The molecule has 3 aromatic rings. The second-order valence-electron chi connectivity index (χ2n) is 5.79. The number of aromatic nitrogens is 3. The normalized spacial score (nSPS) is 10.5. The van der Waals surface area contributed by atoms with Gasteiger partial charge in [-0.3, -0.25) is 9.59 Å². The molecule has 11 heteroatoms. The van der Waals surface area contributed by atoms with Gasteiger partial charge in [-0.15, -0.1) is 21.5 Å². The maximum Gasteiger partial charge on any atom is 0.234 e. The first-order valence-electron chi connectivity index (χ1n) is 8.35. The molecule has 0 unspecified atom stereocenters. The lowest BCUT2D eigenvalue weighted by molar-refractivity contribution is -0.118. The molecule has 148 valence electrons. The van der Waals surface area contributed by atoms with E-state index < -0.39 is 5.91 Å². The summed E-state index contributed by atoms with van der Waals surface area (Å²) in [5.74, 6) is 0.0136. The molecule has 3 N–H and O–H groups in total. The number of nitrogens with two attached hydrogens (primary N) is 1. The van der Waals surface area contributed by atoms with Gasteiger partial charge < -0.3 is 15.6 Å². The third-order valence-electron chi connectivity index (χ3n) is 3.75. The van der Waals surface area contributed by atoms with E-state index in [4.69, 9.17) is 22.6 Å². The molecule has 3 rings (SSSR count). The molecular weight excluding hydrogens is 432 g/mol. The highest BCUT2D eigenvalue weighted by Gasteiger charge is 2.17. The number of carbonyl (C=O) groups excluding carboxylic acids is 2. The summed E-state index contributed by atoms with van der Waals surface area (Å²) in [4.78, 5) is 24.4. The molecule has 2 amide bonds. The summed E-state index contributed by atoms with van der Waals surface area (Å²) >= 11 is 8.69. The van der Waals surface area contributed by atoms with Gasteiger partial charge in [0.05, 0.1) is 21.2 Å². The minimum Gasteiger partial charge on any atom is -0.370 e. The third-order valence-corrected chi connectivity index (χ3v) is 5.89. The van der Waals surface area contributed by atoms with E-state index in [1.807, 2.05) is 23.6 Å². The third kappa shape index (κ3) is 5.35. The van der Waals surface area contributed by atoms with Crippen LogP contribution < -0.4 is 11.1 Å². The number of carbonyl (C=O) groups is 2. The highest BCUT2D eigenvalue weighted by atomic mass is 35.5. The van der Waals surface area contributed by atoms with Crippen LogP contribution >= 0.6 is 34.7 Å². The Morgan fingerprint density at radius 1 is 1.34 bits per heavy atom. The van der Waals surface area contributed by atoms with Crippen molar-refractivity contribution in [1.82, 2.24) is 14.8 Å². The molecule has 0 aliphatic rings. The predicted octanol–water partition coefficient (Wildman–Crippen LogP) is 3.14. The van der Waals surface area contributed by atoms with Gasteiger partial charge in [-0.2, -0.15) is 5.26 Å². The predicted molar refractivity (Wildman–Crippen MR) is 113 cm³/mol. The highest BCUT2D eigenvalue weighted by molar-refractivity contribution is 7.99. The van der Waals surface area contributed by atoms with Crippen LogP contribution in [0.4, 0.5) is 5.69 Å². The molecule has 0 spiro atoms. The van der Waals surface area contributed by atoms with E-state index in [-0.39, 0.29) is 23.1 Å². The van der Waals surface area contributed by atoms with Crippen LogP contribution in [0, 0.1) is 11.3 Å². The van der Waals surface area contributed by atoms with Gasteiger partial charge >= 0.3 is 0 Å². The number of nitrogens with zero attached hydrogens (tertiary/aromatic N) is 4. The van der Waals surface area contributed by atoms with Crippen LogP contribution in [0.15, 0.2) is 40.9 Å². The number of nitriles is 1. The average Bonchev–Trinajstić information content (AvgIpc) is 3.34. The van der Waals surface area contributed by atoms with E-state index in [9.17, 15) is 9.59 Å². The SMILES string of the molecule is N#Cc1ccc(NC(=O)CSc2nnc(-c3cccs3)n2CCC(N)=O)cc1Cl. The number of thiophene rings is 1. The van der Waals surface area contributed by atoms with Crippen molar-refractivity contribution in [1.29, 1.82) is 5.26 Å². The summed E-state index contributed by atoms with van der Waals surface area (Å²) < 4.78 is 1.78. The van der Waals surface area contributed by atoms with Gasteiger partial charge in [-0.05, 0) is 29.6 Å². The van der Waals surface area contributed by atoms with Gasteiger partial charge in [0.2, 0.25) is 11.8 Å². The molecular formula is C18H15ClN6O2S2. The van der Waals surface area contributed by atoms with Gasteiger partial charge in [0.15, 0.2) is 11.0 Å². The molecule has 1 aromatic carbocycles. The van der Waals surface area contributed by atoms with Gasteiger partial charge in [-0.1, -0.05) is 29.4 Å². The molecule has 0 aliphatic heterocycles. The molecule has 2 aromatic heterocycles. The van der Waals surface area contributed by atoms with Gasteiger partial charge in [0, 0.05) is 18.7 Å². The lowest BCUT2D eigenvalue weighted by Crippen LogP contribution is -2.16. The highest BCUT2D eigenvalue weighted by Crippen LogP contribution is 2.28. The number of primary amides is 1. The lowest BCUT2D eigenvalue weighted by atomic mass is 10.2. The fourth-order valence-corrected chi connectivity index (χ4v) is 4.12. The first-order chi connectivity index (χ1) is 14.0. The van der Waals surface area contributed by atoms with Gasteiger partial charge in [0.25, 0.3) is 0 Å². The van der Waals surface area contributed by atoms with Crippen LogP contribution in [-0.2, 0) is 16.1 Å². The Morgan fingerprint density at radius 2 is 2.17 bits per heavy atom. The number of hydrogen-bond donors (Lipinski definition) is 2. The fourth-order valence-electron chi connectivity index (χ4n) is 2.42. The molecule has 2 heterocycles. The van der Waals surface area contributed by atoms with Gasteiger partial charge in [0.1, 0.15) is 6.07 Å². The quantitative estimate of drug-likeness (QED) is 0.512. The summed E-state index contributed by atoms with van der Waals surface area (Å²) in [5, 5.41) is 22.7. The number of hydrogen-bond acceptors (Lipinski definition) is 7. The van der Waals surface area contributed by atoms with Crippen molar-refractivity contribution in [2.24, 2.45) is 5.73 Å². The Bertz CT molecular complexity index is 1070. The maximum absolute atomic E-state index is 12.3. The van der Waals surface area contributed by atoms with E-state index >= 15 is 0 Å². The first-order valence-corrected chi connectivity index (χ1v) is 10.6. The summed E-state index contributed by atoms with van der Waals surface area (Å²) in [7, 11) is 0. The smallest absolute Gasteiger partial charge is 0.234 e. The zero-order valence-electron chi connectivity index (χ0n) is 15.0. The second-order valence-corrected chi connectivity index (χ2v) is 8.09. The van der Waals surface area contributed by atoms with E-state index in [0.29, 0.717) is 28.8 Å². The number of anilines is 1. The Balaban J connectivity index is 1.69. The molecule has 0 aliphatic carbocycles. The maximum atomic E-state index is 12.3. The molecule has 0 radical (unpaired) electrons. The minimum absolute atomic E-state index is 0.0801. The Hall–Kier alpha value is -2.87. The Labute approximate surface area is 179 Å². The number of amides is 2. The Morgan fingerprint density at radius 3 is 2.83 bits per heavy atom. The van der Waals surface area contributed by atoms with Crippen molar-refractivity contribution in [2.75, 3.05) is 11.1 Å². The monoisotopic (exact) mass is 446 g/mol. The topological polar surface area (TPSA) is 127 Å². The van der Waals surface area contributed by atoms with Crippen LogP contribution in [0.1, 0.15) is 12.0 Å². The number of thioether (sulfide) groups is 1. The molecule has 0 fully saturated rings. The Kier molecular flexibility index (Phi) is 6.87. The fraction of sp³-hybridized carbons (Fsp3) is 0.167. The zero-order valence-corrected chi connectivity index (χ0v) is 17.4. The zero-order chi connectivity index (χ0) is 20.8. The summed E-state index contributed by atoms with van der Waals surface area (Å²) in [6.45, 7) is 0.324. The standard InChI is InChI=1S/C18H15ClN6O2S2/c19-13-8-12(4-3-11(13)9-20)22-16(27)10-29-18-24-23-17(14-2-1-7-28-14)25(18)6-5-15(21)26/h1-4,7-8H,5-6,10H2,(H2,21,26)(H,22,27). The summed E-state index contributed by atoms with van der Waals surface area (Å²) in [6.07, 6.45) is 0.139. The van der Waals surface area contributed by atoms with Crippen molar-refractivity contribution in [3.63, 3.8) is 0 Å². The van der Waals surface area contributed by atoms with Gasteiger partial charge in [-0.25, -0.2) is 0 Å². The van der Waals surface area contributed by atoms with E-state index in [0.717, 1.165) is 4.88 Å². The molecule has 0 saturated heterocycles. The number of benzene rings is 1. The van der Waals surface area contributed by atoms with Crippen LogP contribution in [0.5, 0.6) is 0 Å². The van der Waals surface area contributed by atoms with Crippen LogP contribution in [-0.4, -0.2) is 32.3 Å². The largest absolute Gasteiger partial charge is 0.370 e. The van der Waals surface area contributed by atoms with Crippen LogP contribution in [0.25, 0.3) is 10.7 Å². The van der Waals surface area contributed by atoms with Crippen LogP contribution in [0.2, 0.25) is 5.02 Å². The second kappa shape index (κ2) is 9.56. The number of nitrogens with one attached hydrogen (secondary N) is 1. The molecule has 29 heavy (non-hydrogen) atoms. The van der Waals surface area contributed by atoms with Crippen molar-refractivity contribution in [3.8, 4) is 16.8 Å². The van der Waals surface area contributed by atoms with Crippen molar-refractivity contribution in [3.05, 3.63) is 46.3 Å².